The standard InChI is InChI=1S/C25H36N4O4S/c1-16(20-13-17-6-7-18(20)12-17)26-23(30)15-34-25-28-27-24(29(25)10-5-11-31-2)19-8-9-21(32-3)22(14-19)33-4/h8-9,14,16-18,20H,5-7,10-13,15H2,1-4H3,(H,26,30). The zero-order chi connectivity index (χ0) is 24.1. The van der Waals surface area contributed by atoms with Crippen LogP contribution in [-0.2, 0) is 16.1 Å². The Morgan fingerprint density at radius 2 is 2.00 bits per heavy atom. The van der Waals surface area contributed by atoms with Gasteiger partial charge in [-0.2, -0.15) is 0 Å². The summed E-state index contributed by atoms with van der Waals surface area (Å²) in [5.41, 5.74) is 0.878. The van der Waals surface area contributed by atoms with Crippen molar-refractivity contribution in [1.82, 2.24) is 20.1 Å². The molecule has 2 aromatic rings. The van der Waals surface area contributed by atoms with Crippen LogP contribution in [0.3, 0.4) is 0 Å². The van der Waals surface area contributed by atoms with E-state index in [1.54, 1.807) is 21.3 Å². The molecule has 34 heavy (non-hydrogen) atoms. The highest BCUT2D eigenvalue weighted by molar-refractivity contribution is 7.99. The molecule has 2 bridgehead atoms. The highest BCUT2D eigenvalue weighted by Gasteiger charge is 2.42. The van der Waals surface area contributed by atoms with Crippen LogP contribution in [0.25, 0.3) is 11.4 Å². The zero-order valence-corrected chi connectivity index (χ0v) is 21.4. The third-order valence-electron chi connectivity index (χ3n) is 7.24. The summed E-state index contributed by atoms with van der Waals surface area (Å²) >= 11 is 1.43. The van der Waals surface area contributed by atoms with E-state index in [2.05, 4.69) is 27.0 Å². The Morgan fingerprint density at radius 3 is 2.68 bits per heavy atom. The summed E-state index contributed by atoms with van der Waals surface area (Å²) in [6, 6.07) is 5.93. The second-order valence-corrected chi connectivity index (χ2v) is 10.3. The van der Waals surface area contributed by atoms with Gasteiger partial charge in [0.15, 0.2) is 22.5 Å². The number of rotatable bonds is 12. The van der Waals surface area contributed by atoms with E-state index in [4.69, 9.17) is 14.2 Å². The molecule has 2 aliphatic rings. The molecule has 1 aromatic carbocycles. The molecule has 4 atom stereocenters. The van der Waals surface area contributed by atoms with E-state index in [0.717, 1.165) is 34.8 Å². The molecule has 1 amide bonds. The minimum atomic E-state index is 0.0550. The van der Waals surface area contributed by atoms with Crippen molar-refractivity contribution in [2.45, 2.75) is 56.8 Å². The summed E-state index contributed by atoms with van der Waals surface area (Å²) in [7, 11) is 4.92. The first-order valence-corrected chi connectivity index (χ1v) is 13.1. The van der Waals surface area contributed by atoms with Crippen LogP contribution in [0.5, 0.6) is 11.5 Å². The SMILES string of the molecule is COCCCn1c(SCC(=O)NC(C)C2CC3CCC2C3)nnc1-c1ccc(OC)c(OC)c1. The summed E-state index contributed by atoms with van der Waals surface area (Å²) in [6.07, 6.45) is 6.13. The summed E-state index contributed by atoms with van der Waals surface area (Å²) < 4.78 is 18.1. The molecule has 0 spiro atoms. The third-order valence-corrected chi connectivity index (χ3v) is 8.21. The van der Waals surface area contributed by atoms with E-state index in [1.165, 1.54) is 37.4 Å². The van der Waals surface area contributed by atoms with Crippen molar-refractivity contribution in [2.75, 3.05) is 33.7 Å². The summed E-state index contributed by atoms with van der Waals surface area (Å²) in [5, 5.41) is 12.8. The topological polar surface area (TPSA) is 87.5 Å². The molecule has 0 radical (unpaired) electrons. The van der Waals surface area contributed by atoms with Gasteiger partial charge in [0.05, 0.1) is 20.0 Å². The first kappa shape index (κ1) is 24.9. The number of hydrogen-bond acceptors (Lipinski definition) is 7. The van der Waals surface area contributed by atoms with Crippen molar-refractivity contribution >= 4 is 17.7 Å². The molecule has 1 heterocycles. The van der Waals surface area contributed by atoms with E-state index in [-0.39, 0.29) is 11.9 Å². The van der Waals surface area contributed by atoms with Crippen LogP contribution < -0.4 is 14.8 Å². The fourth-order valence-corrected chi connectivity index (χ4v) is 6.37. The van der Waals surface area contributed by atoms with Crippen LogP contribution in [0.15, 0.2) is 23.4 Å². The molecule has 9 heteroatoms. The molecule has 2 aliphatic carbocycles. The number of hydrogen-bond donors (Lipinski definition) is 1. The average Bonchev–Trinajstić information content (AvgIpc) is 3.58. The van der Waals surface area contributed by atoms with Gasteiger partial charge in [0, 0.05) is 31.9 Å². The maximum Gasteiger partial charge on any atom is 0.230 e. The molecule has 0 saturated heterocycles. The lowest BCUT2D eigenvalue weighted by Crippen LogP contribution is -2.40. The van der Waals surface area contributed by atoms with Gasteiger partial charge in [-0.1, -0.05) is 18.2 Å². The van der Waals surface area contributed by atoms with E-state index in [1.807, 2.05) is 18.2 Å². The molecular formula is C25H36N4O4S. The van der Waals surface area contributed by atoms with Crippen molar-refractivity contribution in [2.24, 2.45) is 17.8 Å². The lowest BCUT2D eigenvalue weighted by Gasteiger charge is -2.28. The number of nitrogens with zero attached hydrogens (tertiary/aromatic N) is 3. The first-order valence-electron chi connectivity index (χ1n) is 12.1. The van der Waals surface area contributed by atoms with Gasteiger partial charge in [0.2, 0.25) is 5.91 Å². The average molecular weight is 489 g/mol. The number of methoxy groups -OCH3 is 3. The lowest BCUT2D eigenvalue weighted by atomic mass is 9.84. The Kier molecular flexibility index (Phi) is 8.37. The number of ether oxygens (including phenoxy) is 3. The van der Waals surface area contributed by atoms with Crippen LogP contribution in [0.2, 0.25) is 0 Å². The van der Waals surface area contributed by atoms with E-state index >= 15 is 0 Å². The second-order valence-electron chi connectivity index (χ2n) is 9.36. The summed E-state index contributed by atoms with van der Waals surface area (Å²) in [5.74, 6) is 4.70. The van der Waals surface area contributed by atoms with Gasteiger partial charge in [-0.25, -0.2) is 0 Å². The number of carbonyl (C=O) groups is 1. The van der Waals surface area contributed by atoms with Gasteiger partial charge in [-0.15, -0.1) is 10.2 Å². The van der Waals surface area contributed by atoms with Gasteiger partial charge >= 0.3 is 0 Å². The van der Waals surface area contributed by atoms with Gasteiger partial charge in [-0.05, 0) is 68.6 Å². The second kappa shape index (κ2) is 11.4. The quantitative estimate of drug-likeness (QED) is 0.356. The van der Waals surface area contributed by atoms with Gasteiger partial charge in [-0.3, -0.25) is 4.79 Å². The monoisotopic (exact) mass is 488 g/mol. The Bertz CT molecular complexity index is 982. The number of carbonyl (C=O) groups excluding carboxylic acids is 1. The Morgan fingerprint density at radius 1 is 1.18 bits per heavy atom. The molecule has 4 unspecified atom stereocenters. The minimum Gasteiger partial charge on any atom is -0.493 e. The number of amides is 1. The number of fused-ring (bicyclic) bond motifs is 2. The van der Waals surface area contributed by atoms with Crippen LogP contribution in [-0.4, -0.2) is 60.4 Å². The number of nitrogens with one attached hydrogen (secondary N) is 1. The molecule has 0 aliphatic heterocycles. The van der Waals surface area contributed by atoms with Crippen molar-refractivity contribution in [3.8, 4) is 22.9 Å². The van der Waals surface area contributed by atoms with Crippen molar-refractivity contribution in [3.63, 3.8) is 0 Å². The smallest absolute Gasteiger partial charge is 0.230 e. The molecule has 1 N–H and O–H groups in total. The predicted molar refractivity (Wildman–Crippen MR) is 132 cm³/mol. The first-order chi connectivity index (χ1) is 16.5. The van der Waals surface area contributed by atoms with Crippen LogP contribution in [0, 0.1) is 17.8 Å². The van der Waals surface area contributed by atoms with E-state index in [9.17, 15) is 4.79 Å². The zero-order valence-electron chi connectivity index (χ0n) is 20.6. The van der Waals surface area contributed by atoms with Crippen molar-refractivity contribution in [3.05, 3.63) is 18.2 Å². The molecule has 2 fully saturated rings. The highest BCUT2D eigenvalue weighted by Crippen LogP contribution is 2.49. The predicted octanol–water partition coefficient (Wildman–Crippen LogP) is 4.03. The number of benzene rings is 1. The van der Waals surface area contributed by atoms with Crippen molar-refractivity contribution < 1.29 is 19.0 Å². The molecule has 1 aromatic heterocycles. The fraction of sp³-hybridized carbons (Fsp3) is 0.640. The van der Waals surface area contributed by atoms with Crippen LogP contribution >= 0.6 is 11.8 Å². The maximum absolute atomic E-state index is 12.8. The Hall–Kier alpha value is -2.26. The maximum atomic E-state index is 12.8. The molecule has 4 rings (SSSR count). The normalized spacial score (nSPS) is 22.1. The Labute approximate surface area is 206 Å². The number of thioether (sulfide) groups is 1. The van der Waals surface area contributed by atoms with Gasteiger partial charge in [0.25, 0.3) is 0 Å². The largest absolute Gasteiger partial charge is 0.493 e. The molecular weight excluding hydrogens is 452 g/mol. The van der Waals surface area contributed by atoms with E-state index in [0.29, 0.717) is 36.3 Å². The Balaban J connectivity index is 1.43. The number of aromatic nitrogens is 3. The van der Waals surface area contributed by atoms with Crippen LogP contribution in [0.4, 0.5) is 0 Å². The molecule has 2 saturated carbocycles. The summed E-state index contributed by atoms with van der Waals surface area (Å²) in [4.78, 5) is 12.8. The molecule has 186 valence electrons. The highest BCUT2D eigenvalue weighted by atomic mass is 32.2. The van der Waals surface area contributed by atoms with Crippen molar-refractivity contribution in [1.29, 1.82) is 0 Å². The minimum absolute atomic E-state index is 0.0550. The lowest BCUT2D eigenvalue weighted by molar-refractivity contribution is -0.119. The van der Waals surface area contributed by atoms with Gasteiger partial charge < -0.3 is 24.1 Å². The van der Waals surface area contributed by atoms with Crippen LogP contribution in [0.1, 0.15) is 39.0 Å². The fourth-order valence-electron chi connectivity index (χ4n) is 5.59. The summed E-state index contributed by atoms with van der Waals surface area (Å²) in [6.45, 7) is 3.49. The van der Waals surface area contributed by atoms with E-state index < -0.39 is 0 Å². The van der Waals surface area contributed by atoms with Gasteiger partial charge in [0.1, 0.15) is 0 Å². The molecule has 8 nitrogen and oxygen atoms in total. The third kappa shape index (κ3) is 5.51.